The first-order valence-electron chi connectivity index (χ1n) is 12.6. The quantitative estimate of drug-likeness (QED) is 0.570. The molecule has 0 bridgehead atoms. The van der Waals surface area contributed by atoms with Crippen molar-refractivity contribution < 1.29 is 18.8 Å². The molecule has 186 valence electrons. The largest absolute Gasteiger partial charge is 0.493 e. The van der Waals surface area contributed by atoms with E-state index in [-0.39, 0.29) is 5.91 Å². The number of nitrogens with zero attached hydrogens (tertiary/aromatic N) is 3. The van der Waals surface area contributed by atoms with E-state index >= 15 is 0 Å². The molecule has 34 heavy (non-hydrogen) atoms. The topological polar surface area (TPSA) is 68.0 Å². The van der Waals surface area contributed by atoms with Crippen molar-refractivity contribution in [2.45, 2.75) is 65.3 Å². The summed E-state index contributed by atoms with van der Waals surface area (Å²) in [6.45, 7) is 9.75. The lowest BCUT2D eigenvalue weighted by Gasteiger charge is -2.40. The summed E-state index contributed by atoms with van der Waals surface area (Å²) in [5, 5.41) is 3.95. The number of hydrogen-bond donors (Lipinski definition) is 0. The smallest absolute Gasteiger partial charge is 0.259 e. The van der Waals surface area contributed by atoms with Gasteiger partial charge in [-0.3, -0.25) is 9.69 Å². The van der Waals surface area contributed by atoms with Gasteiger partial charge in [-0.25, -0.2) is 0 Å². The highest BCUT2D eigenvalue weighted by atomic mass is 16.5. The Kier molecular flexibility index (Phi) is 7.81. The van der Waals surface area contributed by atoms with Gasteiger partial charge in [0.25, 0.3) is 5.91 Å². The Morgan fingerprint density at radius 1 is 1.12 bits per heavy atom. The Bertz CT molecular complexity index is 975. The van der Waals surface area contributed by atoms with Crippen LogP contribution in [-0.4, -0.2) is 67.3 Å². The van der Waals surface area contributed by atoms with E-state index in [4.69, 9.17) is 14.0 Å². The molecule has 1 atom stereocenters. The lowest BCUT2D eigenvalue weighted by Crippen LogP contribution is -2.46. The molecule has 1 amide bonds. The molecule has 0 radical (unpaired) electrons. The van der Waals surface area contributed by atoms with Gasteiger partial charge in [-0.05, 0) is 88.1 Å². The number of carbonyl (C=O) groups excluding carboxylic acids is 1. The van der Waals surface area contributed by atoms with Crippen LogP contribution in [0.25, 0.3) is 0 Å². The van der Waals surface area contributed by atoms with Crippen LogP contribution in [-0.2, 0) is 12.8 Å². The number of carbonyl (C=O) groups is 1. The minimum atomic E-state index is 0.0633. The second kappa shape index (κ2) is 10.8. The van der Waals surface area contributed by atoms with E-state index in [2.05, 4.69) is 29.1 Å². The Balaban J connectivity index is 1.37. The maximum Gasteiger partial charge on any atom is 0.259 e. The minimum Gasteiger partial charge on any atom is -0.493 e. The minimum absolute atomic E-state index is 0.0633. The van der Waals surface area contributed by atoms with Gasteiger partial charge in [0.2, 0.25) is 0 Å². The Morgan fingerprint density at radius 2 is 1.79 bits per heavy atom. The second-order valence-corrected chi connectivity index (χ2v) is 9.80. The molecule has 1 aromatic heterocycles. The van der Waals surface area contributed by atoms with Crippen molar-refractivity contribution in [3.63, 3.8) is 0 Å². The molecule has 7 heteroatoms. The van der Waals surface area contributed by atoms with Crippen LogP contribution in [0.3, 0.4) is 0 Å². The summed E-state index contributed by atoms with van der Waals surface area (Å²) in [4.78, 5) is 17.7. The molecule has 2 aromatic rings. The fraction of sp³-hybridized carbons (Fsp3) is 0.630. The predicted octanol–water partition coefficient (Wildman–Crippen LogP) is 4.43. The monoisotopic (exact) mass is 469 g/mol. The maximum absolute atomic E-state index is 13.0. The predicted molar refractivity (Wildman–Crippen MR) is 132 cm³/mol. The van der Waals surface area contributed by atoms with E-state index in [0.29, 0.717) is 29.0 Å². The number of methoxy groups -OCH3 is 2. The molecule has 1 aliphatic carbocycles. The van der Waals surface area contributed by atoms with Crippen LogP contribution in [0.2, 0.25) is 0 Å². The van der Waals surface area contributed by atoms with E-state index in [1.165, 1.54) is 17.5 Å². The third kappa shape index (κ3) is 5.09. The number of aromatic nitrogens is 1. The molecule has 4 rings (SSSR count). The molecule has 1 aromatic carbocycles. The van der Waals surface area contributed by atoms with Crippen molar-refractivity contribution >= 4 is 5.91 Å². The van der Waals surface area contributed by atoms with Crippen molar-refractivity contribution in [1.29, 1.82) is 0 Å². The molecule has 0 spiro atoms. The fourth-order valence-electron chi connectivity index (χ4n) is 5.68. The third-order valence-corrected chi connectivity index (χ3v) is 7.58. The summed E-state index contributed by atoms with van der Waals surface area (Å²) in [5.41, 5.74) is 4.09. The van der Waals surface area contributed by atoms with Gasteiger partial charge in [0.15, 0.2) is 11.5 Å². The number of amides is 1. The molecule has 1 unspecified atom stereocenters. The van der Waals surface area contributed by atoms with Gasteiger partial charge in [0.05, 0.1) is 19.9 Å². The lowest BCUT2D eigenvalue weighted by molar-refractivity contribution is 0.0640. The Hall–Kier alpha value is -2.54. The van der Waals surface area contributed by atoms with Crippen LogP contribution in [0.4, 0.5) is 0 Å². The van der Waals surface area contributed by atoms with Gasteiger partial charge >= 0.3 is 0 Å². The lowest BCUT2D eigenvalue weighted by atomic mass is 9.86. The zero-order valence-electron chi connectivity index (χ0n) is 21.4. The van der Waals surface area contributed by atoms with Gasteiger partial charge in [0.1, 0.15) is 11.3 Å². The van der Waals surface area contributed by atoms with Crippen molar-refractivity contribution in [1.82, 2.24) is 15.0 Å². The summed E-state index contributed by atoms with van der Waals surface area (Å²) in [7, 11) is 3.41. The number of benzene rings is 1. The number of rotatable bonds is 8. The Labute approximate surface area is 203 Å². The standard InChI is InChI=1S/C27H39N3O4/c1-6-11-30(23-8-7-21-15-24(32-4)25(33-5)16-22(21)14-23)17-20-9-12-29(13-10-20)27(31)26-18(2)28-34-19(26)3/h15-16,20,23H,6-14,17H2,1-5H3. The van der Waals surface area contributed by atoms with Crippen molar-refractivity contribution in [2.24, 2.45) is 5.92 Å². The first-order valence-corrected chi connectivity index (χ1v) is 12.6. The fourth-order valence-corrected chi connectivity index (χ4v) is 5.68. The van der Waals surface area contributed by atoms with Gasteiger partial charge in [-0.1, -0.05) is 12.1 Å². The molecule has 1 saturated heterocycles. The van der Waals surface area contributed by atoms with Crippen LogP contribution in [0, 0.1) is 19.8 Å². The van der Waals surface area contributed by atoms with Gasteiger partial charge in [0, 0.05) is 25.7 Å². The molecule has 2 aliphatic rings. The van der Waals surface area contributed by atoms with Crippen LogP contribution in [0.5, 0.6) is 11.5 Å². The number of fused-ring (bicyclic) bond motifs is 1. The SMILES string of the molecule is CCCN(CC1CCN(C(=O)c2c(C)noc2C)CC1)C1CCc2cc(OC)c(OC)cc2C1. The van der Waals surface area contributed by atoms with Crippen LogP contribution < -0.4 is 9.47 Å². The Morgan fingerprint density at radius 3 is 2.38 bits per heavy atom. The highest BCUT2D eigenvalue weighted by Crippen LogP contribution is 2.35. The van der Waals surface area contributed by atoms with Crippen LogP contribution in [0.1, 0.15) is 65.5 Å². The normalized spacial score (nSPS) is 18.8. The average molecular weight is 470 g/mol. The van der Waals surface area contributed by atoms with Crippen molar-refractivity contribution in [3.05, 3.63) is 40.3 Å². The summed E-state index contributed by atoms with van der Waals surface area (Å²) < 4.78 is 16.3. The summed E-state index contributed by atoms with van der Waals surface area (Å²) in [6, 6.07) is 4.87. The number of aryl methyl sites for hydroxylation is 3. The number of piperidine rings is 1. The van der Waals surface area contributed by atoms with Gasteiger partial charge in [-0.2, -0.15) is 0 Å². The molecule has 0 saturated carbocycles. The van der Waals surface area contributed by atoms with E-state index in [0.717, 1.165) is 69.8 Å². The molecule has 7 nitrogen and oxygen atoms in total. The maximum atomic E-state index is 13.0. The highest BCUT2D eigenvalue weighted by Gasteiger charge is 2.31. The second-order valence-electron chi connectivity index (χ2n) is 9.80. The molecule has 0 N–H and O–H groups in total. The first-order chi connectivity index (χ1) is 16.4. The summed E-state index contributed by atoms with van der Waals surface area (Å²) >= 11 is 0. The van der Waals surface area contributed by atoms with E-state index in [1.54, 1.807) is 14.2 Å². The van der Waals surface area contributed by atoms with E-state index < -0.39 is 0 Å². The van der Waals surface area contributed by atoms with Crippen molar-refractivity contribution in [2.75, 3.05) is 40.4 Å². The number of likely N-dealkylation sites (tertiary alicyclic amines) is 1. The molecule has 1 aliphatic heterocycles. The van der Waals surface area contributed by atoms with Gasteiger partial charge in [-0.15, -0.1) is 0 Å². The molecule has 1 fully saturated rings. The third-order valence-electron chi connectivity index (χ3n) is 7.58. The van der Waals surface area contributed by atoms with Crippen molar-refractivity contribution in [3.8, 4) is 11.5 Å². The molecule has 2 heterocycles. The average Bonchev–Trinajstić information content (AvgIpc) is 3.20. The summed E-state index contributed by atoms with van der Waals surface area (Å²) in [5.74, 6) is 2.94. The zero-order valence-corrected chi connectivity index (χ0v) is 21.4. The van der Waals surface area contributed by atoms with Gasteiger partial charge < -0.3 is 18.9 Å². The van der Waals surface area contributed by atoms with Crippen LogP contribution >= 0.6 is 0 Å². The van der Waals surface area contributed by atoms with Crippen LogP contribution in [0.15, 0.2) is 16.7 Å². The first kappa shape index (κ1) is 24.6. The van der Waals surface area contributed by atoms with E-state index in [1.807, 2.05) is 18.7 Å². The molecular formula is C27H39N3O4. The zero-order chi connectivity index (χ0) is 24.2. The summed E-state index contributed by atoms with van der Waals surface area (Å²) in [6.07, 6.45) is 6.54. The van der Waals surface area contributed by atoms with E-state index in [9.17, 15) is 4.79 Å². The highest BCUT2D eigenvalue weighted by molar-refractivity contribution is 5.96. The molecular weight excluding hydrogens is 430 g/mol. The number of hydrogen-bond acceptors (Lipinski definition) is 6. The number of ether oxygens (including phenoxy) is 2.